The molecular formula is C9H13Cl2FO4. The molecule has 0 aliphatic carbocycles. The number of alkyl halides is 3. The third-order valence-electron chi connectivity index (χ3n) is 1.47. The Morgan fingerprint density at radius 3 is 2.19 bits per heavy atom. The number of ether oxygens (including phenoxy) is 2. The summed E-state index contributed by atoms with van der Waals surface area (Å²) in [5.41, 5.74) is 0. The topological polar surface area (TPSA) is 52.6 Å². The van der Waals surface area contributed by atoms with Crippen molar-refractivity contribution in [1.29, 1.82) is 0 Å². The Balaban J connectivity index is 3.43. The van der Waals surface area contributed by atoms with E-state index in [1.54, 1.807) is 0 Å². The highest BCUT2D eigenvalue weighted by molar-refractivity contribution is 6.44. The molecule has 0 unspecified atom stereocenters. The molecule has 0 radical (unpaired) electrons. The zero-order chi connectivity index (χ0) is 12.4. The van der Waals surface area contributed by atoms with Crippen molar-refractivity contribution in [2.24, 2.45) is 0 Å². The van der Waals surface area contributed by atoms with Crippen LogP contribution >= 0.6 is 23.2 Å². The second kappa shape index (κ2) is 9.66. The third kappa shape index (κ3) is 9.98. The molecule has 0 aromatic heterocycles. The Morgan fingerprint density at radius 1 is 1.12 bits per heavy atom. The zero-order valence-corrected chi connectivity index (χ0v) is 10.1. The van der Waals surface area contributed by atoms with Crippen molar-refractivity contribution < 1.29 is 23.5 Å². The van der Waals surface area contributed by atoms with Gasteiger partial charge in [-0.3, -0.25) is 9.59 Å². The van der Waals surface area contributed by atoms with Gasteiger partial charge >= 0.3 is 11.9 Å². The van der Waals surface area contributed by atoms with E-state index in [1.165, 1.54) is 0 Å². The Labute approximate surface area is 103 Å². The van der Waals surface area contributed by atoms with E-state index in [0.717, 1.165) is 0 Å². The largest absolute Gasteiger partial charge is 0.463 e. The van der Waals surface area contributed by atoms with E-state index in [4.69, 9.17) is 23.2 Å². The second-order valence-corrected chi connectivity index (χ2v) is 4.11. The average molecular weight is 275 g/mol. The van der Waals surface area contributed by atoms with Gasteiger partial charge < -0.3 is 9.47 Å². The number of hydrogen-bond acceptors (Lipinski definition) is 4. The molecule has 0 rings (SSSR count). The molecule has 94 valence electrons. The predicted octanol–water partition coefficient (Wildman–Crippen LogP) is 2.02. The van der Waals surface area contributed by atoms with Gasteiger partial charge in [0.15, 0.2) is 0 Å². The number of carbonyl (C=O) groups is 2. The monoisotopic (exact) mass is 274 g/mol. The molecule has 7 heteroatoms. The first-order valence-corrected chi connectivity index (χ1v) is 5.59. The molecule has 4 nitrogen and oxygen atoms in total. The molecule has 0 saturated heterocycles. The predicted molar refractivity (Wildman–Crippen MR) is 57.2 cm³/mol. The molecule has 0 aromatic rings. The van der Waals surface area contributed by atoms with Crippen LogP contribution in [0.1, 0.15) is 19.3 Å². The maximum absolute atomic E-state index is 11.6. The van der Waals surface area contributed by atoms with Crippen LogP contribution in [-0.2, 0) is 19.1 Å². The summed E-state index contributed by atoms with van der Waals surface area (Å²) in [7, 11) is 0. The molecule has 0 heterocycles. The molecule has 0 bridgehead atoms. The Hall–Kier alpha value is -0.550. The van der Waals surface area contributed by atoms with Crippen LogP contribution in [0.4, 0.5) is 4.39 Å². The summed E-state index contributed by atoms with van der Waals surface area (Å²) in [5, 5.41) is 0. The molecule has 0 N–H and O–H groups in total. The van der Waals surface area contributed by atoms with Crippen LogP contribution in [0.5, 0.6) is 0 Å². The molecule has 0 saturated carbocycles. The Bertz CT molecular complexity index is 224. The van der Waals surface area contributed by atoms with Crippen molar-refractivity contribution in [2.45, 2.75) is 24.1 Å². The smallest absolute Gasteiger partial charge is 0.305 e. The zero-order valence-electron chi connectivity index (χ0n) is 8.59. The molecule has 0 amide bonds. The number of esters is 2. The van der Waals surface area contributed by atoms with Gasteiger partial charge in [-0.15, -0.1) is 23.2 Å². The van der Waals surface area contributed by atoms with Crippen molar-refractivity contribution in [1.82, 2.24) is 0 Å². The van der Waals surface area contributed by atoms with Crippen LogP contribution in [0.2, 0.25) is 0 Å². The lowest BCUT2D eigenvalue weighted by molar-refractivity contribution is -0.145. The summed E-state index contributed by atoms with van der Waals surface area (Å²) in [4.78, 5) is 21.1. The number of rotatable bonds is 8. The van der Waals surface area contributed by atoms with Crippen molar-refractivity contribution in [2.75, 3.05) is 19.9 Å². The van der Waals surface area contributed by atoms with E-state index < -0.39 is 23.4 Å². The van der Waals surface area contributed by atoms with Crippen molar-refractivity contribution in [3.05, 3.63) is 0 Å². The lowest BCUT2D eigenvalue weighted by Gasteiger charge is -2.04. The van der Waals surface area contributed by atoms with Crippen LogP contribution in [0.3, 0.4) is 0 Å². The molecule has 0 aromatic carbocycles. The van der Waals surface area contributed by atoms with E-state index in [0.29, 0.717) is 6.42 Å². The first kappa shape index (κ1) is 15.4. The van der Waals surface area contributed by atoms with E-state index in [1.807, 2.05) is 0 Å². The van der Waals surface area contributed by atoms with Crippen molar-refractivity contribution in [3.8, 4) is 0 Å². The summed E-state index contributed by atoms with van der Waals surface area (Å²) in [5.74, 6) is -1.01. The average Bonchev–Trinajstić information content (AvgIpc) is 2.23. The lowest BCUT2D eigenvalue weighted by Crippen LogP contribution is -2.11. The normalized spacial score (nSPS) is 10.2. The van der Waals surface area contributed by atoms with Gasteiger partial charge in [-0.1, -0.05) is 0 Å². The lowest BCUT2D eigenvalue weighted by atomic mass is 10.2. The molecule has 0 spiro atoms. The van der Waals surface area contributed by atoms with Crippen molar-refractivity contribution in [3.63, 3.8) is 0 Å². The SMILES string of the molecule is O=C(CCCC(=O)OCC(Cl)Cl)OCCF. The molecule has 0 fully saturated rings. The number of halogens is 3. The van der Waals surface area contributed by atoms with Crippen LogP contribution in [0.25, 0.3) is 0 Å². The van der Waals surface area contributed by atoms with E-state index >= 15 is 0 Å². The summed E-state index contributed by atoms with van der Waals surface area (Å²) in [6, 6.07) is 0. The number of carbonyl (C=O) groups excluding carboxylic acids is 2. The van der Waals surface area contributed by atoms with Crippen LogP contribution in [0, 0.1) is 0 Å². The van der Waals surface area contributed by atoms with Gasteiger partial charge in [0.05, 0.1) is 0 Å². The minimum Gasteiger partial charge on any atom is -0.463 e. The van der Waals surface area contributed by atoms with Gasteiger partial charge in [-0.2, -0.15) is 0 Å². The molecule has 0 aliphatic heterocycles. The maximum atomic E-state index is 11.6. The van der Waals surface area contributed by atoms with Gasteiger partial charge in [0, 0.05) is 12.8 Å². The summed E-state index contributed by atoms with van der Waals surface area (Å²) in [6.07, 6.45) is 0.421. The molecular weight excluding hydrogens is 262 g/mol. The molecule has 0 atom stereocenters. The fraction of sp³-hybridized carbons (Fsp3) is 0.778. The quantitative estimate of drug-likeness (QED) is 0.502. The van der Waals surface area contributed by atoms with Gasteiger partial charge in [-0.25, -0.2) is 4.39 Å². The Morgan fingerprint density at radius 2 is 1.69 bits per heavy atom. The van der Waals surface area contributed by atoms with Gasteiger partial charge in [0.2, 0.25) is 0 Å². The molecule has 16 heavy (non-hydrogen) atoms. The van der Waals surface area contributed by atoms with Crippen molar-refractivity contribution >= 4 is 35.1 Å². The van der Waals surface area contributed by atoms with E-state index in [2.05, 4.69) is 9.47 Å². The fourth-order valence-corrected chi connectivity index (χ4v) is 0.956. The third-order valence-corrected chi connectivity index (χ3v) is 1.72. The number of hydrogen-bond donors (Lipinski definition) is 0. The highest BCUT2D eigenvalue weighted by Gasteiger charge is 2.08. The minimum atomic E-state index is -0.751. The van der Waals surface area contributed by atoms with Crippen LogP contribution < -0.4 is 0 Å². The summed E-state index contributed by atoms with van der Waals surface area (Å²) >= 11 is 10.7. The maximum Gasteiger partial charge on any atom is 0.305 e. The highest BCUT2D eigenvalue weighted by Crippen LogP contribution is 2.04. The summed E-state index contributed by atoms with van der Waals surface area (Å²) in [6.45, 7) is -1.03. The van der Waals surface area contributed by atoms with Crippen LogP contribution in [0.15, 0.2) is 0 Å². The van der Waals surface area contributed by atoms with Gasteiger partial charge in [-0.05, 0) is 6.42 Å². The standard InChI is InChI=1S/C9H13Cl2FO4/c10-7(11)6-16-9(14)3-1-2-8(13)15-5-4-12/h7H,1-6H2. The minimum absolute atomic E-state index is 0.0558. The van der Waals surface area contributed by atoms with E-state index in [9.17, 15) is 14.0 Å². The van der Waals surface area contributed by atoms with Crippen LogP contribution in [-0.4, -0.2) is 36.7 Å². The first-order valence-electron chi connectivity index (χ1n) is 4.71. The first-order chi connectivity index (χ1) is 7.56. The molecule has 0 aliphatic rings. The summed E-state index contributed by atoms with van der Waals surface area (Å²) < 4.78 is 20.7. The fourth-order valence-electron chi connectivity index (χ4n) is 0.830. The van der Waals surface area contributed by atoms with E-state index in [-0.39, 0.29) is 26.1 Å². The van der Waals surface area contributed by atoms with Gasteiger partial charge in [0.25, 0.3) is 0 Å². The second-order valence-electron chi connectivity index (χ2n) is 2.84. The highest BCUT2D eigenvalue weighted by atomic mass is 35.5. The Kier molecular flexibility index (Phi) is 9.33. The van der Waals surface area contributed by atoms with Gasteiger partial charge in [0.1, 0.15) is 24.7 Å².